The molecule has 1 aliphatic heterocycles. The van der Waals surface area contributed by atoms with Crippen LogP contribution in [-0.4, -0.2) is 53.9 Å². The Labute approximate surface area is 156 Å². The van der Waals surface area contributed by atoms with Crippen molar-refractivity contribution in [3.05, 3.63) is 47.4 Å². The Morgan fingerprint density at radius 2 is 1.96 bits per heavy atom. The van der Waals surface area contributed by atoms with Crippen LogP contribution < -0.4 is 10.2 Å². The van der Waals surface area contributed by atoms with E-state index in [0.717, 1.165) is 6.42 Å². The molecule has 8 nitrogen and oxygen atoms in total. The van der Waals surface area contributed by atoms with Crippen molar-refractivity contribution in [3.63, 3.8) is 0 Å². The van der Waals surface area contributed by atoms with Crippen LogP contribution in [0.1, 0.15) is 21.6 Å². The molecule has 1 saturated heterocycles. The number of carbonyl (C=O) groups is 1. The number of aromatic nitrogens is 3. The van der Waals surface area contributed by atoms with E-state index in [1.807, 2.05) is 0 Å². The van der Waals surface area contributed by atoms with Crippen molar-refractivity contribution in [2.75, 3.05) is 37.7 Å². The van der Waals surface area contributed by atoms with Crippen LogP contribution in [0.25, 0.3) is 11.1 Å². The van der Waals surface area contributed by atoms with Gasteiger partial charge < -0.3 is 19.5 Å². The summed E-state index contributed by atoms with van der Waals surface area (Å²) >= 11 is 0. The Balaban J connectivity index is 1.50. The minimum absolute atomic E-state index is 0.219. The van der Waals surface area contributed by atoms with Gasteiger partial charge in [-0.15, -0.1) is 0 Å². The number of aryl methyl sites for hydroxylation is 1. The van der Waals surface area contributed by atoms with Gasteiger partial charge in [0.1, 0.15) is 17.5 Å². The zero-order chi connectivity index (χ0) is 18.6. The average Bonchev–Trinajstić information content (AvgIpc) is 3.14. The van der Waals surface area contributed by atoms with Gasteiger partial charge in [0.25, 0.3) is 11.6 Å². The van der Waals surface area contributed by atoms with Crippen molar-refractivity contribution in [1.82, 2.24) is 20.4 Å². The first kappa shape index (κ1) is 17.4. The molecular formula is C19H21N5O3. The van der Waals surface area contributed by atoms with Crippen LogP contribution in [0.3, 0.4) is 0 Å². The summed E-state index contributed by atoms with van der Waals surface area (Å²) in [5.41, 5.74) is 2.92. The molecule has 140 valence electrons. The molecule has 0 bridgehead atoms. The molecule has 0 saturated carbocycles. The van der Waals surface area contributed by atoms with Gasteiger partial charge in [0.15, 0.2) is 5.69 Å². The van der Waals surface area contributed by atoms with Gasteiger partial charge in [-0.1, -0.05) is 35.0 Å². The van der Waals surface area contributed by atoms with Crippen LogP contribution in [0.2, 0.25) is 0 Å². The number of benzene rings is 1. The Hall–Kier alpha value is -3.00. The van der Waals surface area contributed by atoms with Crippen molar-refractivity contribution in [3.8, 4) is 0 Å². The van der Waals surface area contributed by atoms with Gasteiger partial charge in [-0.3, -0.25) is 4.79 Å². The SMILES string of the molecule is Cc1ccc(CCNC(=O)c2noc3ncnc(N4CCOCC4)c23)cc1. The fourth-order valence-electron chi connectivity index (χ4n) is 3.10. The molecule has 3 heterocycles. The lowest BCUT2D eigenvalue weighted by Crippen LogP contribution is -2.37. The number of fused-ring (bicyclic) bond motifs is 1. The Kier molecular flexibility index (Phi) is 4.97. The van der Waals surface area contributed by atoms with E-state index >= 15 is 0 Å². The summed E-state index contributed by atoms with van der Waals surface area (Å²) in [6.45, 7) is 5.20. The molecule has 1 aromatic carbocycles. The largest absolute Gasteiger partial charge is 0.378 e. The lowest BCUT2D eigenvalue weighted by Gasteiger charge is -2.27. The number of anilines is 1. The second kappa shape index (κ2) is 7.71. The summed E-state index contributed by atoms with van der Waals surface area (Å²) in [5.74, 6) is 0.374. The number of rotatable bonds is 5. The number of hydrogen-bond acceptors (Lipinski definition) is 7. The van der Waals surface area contributed by atoms with Crippen molar-refractivity contribution in [1.29, 1.82) is 0 Å². The van der Waals surface area contributed by atoms with E-state index in [0.29, 0.717) is 49.8 Å². The number of morpholine rings is 1. The highest BCUT2D eigenvalue weighted by Crippen LogP contribution is 2.26. The minimum atomic E-state index is -0.287. The van der Waals surface area contributed by atoms with Gasteiger partial charge in [-0.2, -0.15) is 4.98 Å². The summed E-state index contributed by atoms with van der Waals surface area (Å²) in [6.07, 6.45) is 2.17. The molecule has 1 amide bonds. The number of ether oxygens (including phenoxy) is 1. The first-order chi connectivity index (χ1) is 13.2. The molecule has 0 atom stereocenters. The van der Waals surface area contributed by atoms with E-state index in [1.54, 1.807) is 0 Å². The van der Waals surface area contributed by atoms with E-state index in [9.17, 15) is 4.79 Å². The zero-order valence-corrected chi connectivity index (χ0v) is 15.1. The van der Waals surface area contributed by atoms with E-state index in [1.165, 1.54) is 17.5 Å². The highest BCUT2D eigenvalue weighted by molar-refractivity contribution is 6.07. The molecule has 3 aromatic rings. The average molecular weight is 367 g/mol. The molecule has 8 heteroatoms. The standard InChI is InChI=1S/C19H21N5O3/c1-13-2-4-14(5-3-13)6-7-20-18(25)16-15-17(24-8-10-26-11-9-24)21-12-22-19(15)27-23-16/h2-5,12H,6-11H2,1H3,(H,20,25). The topological polar surface area (TPSA) is 93.4 Å². The Morgan fingerprint density at radius 3 is 2.74 bits per heavy atom. The normalized spacial score (nSPS) is 14.5. The van der Waals surface area contributed by atoms with E-state index in [2.05, 4.69) is 56.5 Å². The fraction of sp³-hybridized carbons (Fsp3) is 0.368. The molecule has 1 N–H and O–H groups in total. The number of nitrogens with one attached hydrogen (secondary N) is 1. The predicted molar refractivity (Wildman–Crippen MR) is 99.8 cm³/mol. The quantitative estimate of drug-likeness (QED) is 0.734. The van der Waals surface area contributed by atoms with Crippen LogP contribution in [0.5, 0.6) is 0 Å². The third-order valence-corrected chi connectivity index (χ3v) is 4.60. The minimum Gasteiger partial charge on any atom is -0.378 e. The second-order valence-corrected chi connectivity index (χ2v) is 6.50. The maximum absolute atomic E-state index is 12.7. The molecular weight excluding hydrogens is 346 g/mol. The molecule has 0 radical (unpaired) electrons. The van der Waals surface area contributed by atoms with Gasteiger partial charge in [-0.25, -0.2) is 4.98 Å². The molecule has 1 aliphatic rings. The van der Waals surface area contributed by atoms with Gasteiger partial charge in [0.2, 0.25) is 0 Å². The number of hydrogen-bond donors (Lipinski definition) is 1. The number of carbonyl (C=O) groups excluding carboxylic acids is 1. The van der Waals surface area contributed by atoms with Gasteiger partial charge >= 0.3 is 0 Å². The van der Waals surface area contributed by atoms with E-state index < -0.39 is 0 Å². The summed E-state index contributed by atoms with van der Waals surface area (Å²) in [4.78, 5) is 23.2. The Morgan fingerprint density at radius 1 is 1.19 bits per heavy atom. The van der Waals surface area contributed by atoms with E-state index in [4.69, 9.17) is 9.26 Å². The summed E-state index contributed by atoms with van der Waals surface area (Å²) < 4.78 is 10.7. The van der Waals surface area contributed by atoms with Crippen LogP contribution in [0.4, 0.5) is 5.82 Å². The third kappa shape index (κ3) is 3.75. The number of nitrogens with zero attached hydrogens (tertiary/aromatic N) is 4. The number of amides is 1. The molecule has 4 rings (SSSR count). The first-order valence-corrected chi connectivity index (χ1v) is 8.99. The molecule has 2 aromatic heterocycles. The molecule has 27 heavy (non-hydrogen) atoms. The van der Waals surface area contributed by atoms with Crippen molar-refractivity contribution in [2.45, 2.75) is 13.3 Å². The van der Waals surface area contributed by atoms with Crippen LogP contribution in [0.15, 0.2) is 35.1 Å². The smallest absolute Gasteiger partial charge is 0.274 e. The molecule has 0 aliphatic carbocycles. The second-order valence-electron chi connectivity index (χ2n) is 6.50. The lowest BCUT2D eigenvalue weighted by molar-refractivity contribution is 0.0946. The van der Waals surface area contributed by atoms with Gasteiger partial charge in [-0.05, 0) is 18.9 Å². The Bertz CT molecular complexity index is 932. The van der Waals surface area contributed by atoms with Gasteiger partial charge in [0.05, 0.1) is 13.2 Å². The molecule has 1 fully saturated rings. The molecule has 0 unspecified atom stereocenters. The van der Waals surface area contributed by atoms with E-state index in [-0.39, 0.29) is 11.6 Å². The lowest BCUT2D eigenvalue weighted by atomic mass is 10.1. The third-order valence-electron chi connectivity index (χ3n) is 4.60. The highest BCUT2D eigenvalue weighted by Gasteiger charge is 2.24. The maximum Gasteiger partial charge on any atom is 0.274 e. The fourth-order valence-corrected chi connectivity index (χ4v) is 3.10. The van der Waals surface area contributed by atoms with Crippen LogP contribution >= 0.6 is 0 Å². The monoisotopic (exact) mass is 367 g/mol. The van der Waals surface area contributed by atoms with Crippen LogP contribution in [-0.2, 0) is 11.2 Å². The maximum atomic E-state index is 12.7. The predicted octanol–water partition coefficient (Wildman–Crippen LogP) is 1.74. The van der Waals surface area contributed by atoms with Gasteiger partial charge in [0, 0.05) is 19.6 Å². The summed E-state index contributed by atoms with van der Waals surface area (Å²) in [7, 11) is 0. The summed E-state index contributed by atoms with van der Waals surface area (Å²) in [6, 6.07) is 8.26. The highest BCUT2D eigenvalue weighted by atomic mass is 16.5. The summed E-state index contributed by atoms with van der Waals surface area (Å²) in [5, 5.41) is 7.40. The van der Waals surface area contributed by atoms with Crippen LogP contribution in [0, 0.1) is 6.92 Å². The van der Waals surface area contributed by atoms with Crippen molar-refractivity contribution < 1.29 is 14.1 Å². The zero-order valence-electron chi connectivity index (χ0n) is 15.1. The van der Waals surface area contributed by atoms with Crippen molar-refractivity contribution >= 4 is 22.8 Å². The van der Waals surface area contributed by atoms with Crippen molar-refractivity contribution in [2.24, 2.45) is 0 Å². The molecule has 0 spiro atoms. The first-order valence-electron chi connectivity index (χ1n) is 8.99.